The number of nitrogens with zero attached hydrogens (tertiary/aromatic N) is 1. The Kier molecular flexibility index (Phi) is 10.6. The summed E-state index contributed by atoms with van der Waals surface area (Å²) < 4.78 is 5.52. The average Bonchev–Trinajstić information content (AvgIpc) is 2.38. The molecule has 2 unspecified atom stereocenters. The molecule has 5 nitrogen and oxygen atoms in total. The summed E-state index contributed by atoms with van der Waals surface area (Å²) in [5.41, 5.74) is 0. The number of nitrogens with one attached hydrogen (secondary N) is 2. The van der Waals surface area contributed by atoms with E-state index < -0.39 is 0 Å². The third kappa shape index (κ3) is 6.59. The van der Waals surface area contributed by atoms with Gasteiger partial charge in [-0.25, -0.2) is 0 Å². The highest BCUT2D eigenvalue weighted by molar-refractivity contribution is 5.85. The molecule has 22 heavy (non-hydrogen) atoms. The van der Waals surface area contributed by atoms with Crippen LogP contribution in [0.1, 0.15) is 33.6 Å². The molecule has 0 aromatic carbocycles. The van der Waals surface area contributed by atoms with E-state index in [9.17, 15) is 4.79 Å². The lowest BCUT2D eigenvalue weighted by molar-refractivity contribution is -0.129. The van der Waals surface area contributed by atoms with Gasteiger partial charge in [0, 0.05) is 25.7 Å². The lowest BCUT2D eigenvalue weighted by Gasteiger charge is -2.34. The SMILES string of the molecule is CC1CCCN(CC(C)NC(=O)[C@H]2NCCO[C@@H]2C)C1.Cl.Cl. The fraction of sp³-hybridized carbons (Fsp3) is 0.933. The van der Waals surface area contributed by atoms with E-state index in [2.05, 4.69) is 29.4 Å². The zero-order valence-electron chi connectivity index (χ0n) is 13.8. The highest BCUT2D eigenvalue weighted by atomic mass is 35.5. The third-order valence-corrected chi connectivity index (χ3v) is 4.26. The number of carbonyl (C=O) groups is 1. The molecular weight excluding hydrogens is 325 g/mol. The van der Waals surface area contributed by atoms with E-state index >= 15 is 0 Å². The third-order valence-electron chi connectivity index (χ3n) is 4.26. The molecule has 132 valence electrons. The summed E-state index contributed by atoms with van der Waals surface area (Å²) in [7, 11) is 0. The number of morpholine rings is 1. The van der Waals surface area contributed by atoms with E-state index in [1.54, 1.807) is 0 Å². The van der Waals surface area contributed by atoms with Gasteiger partial charge < -0.3 is 20.3 Å². The molecule has 7 heteroatoms. The molecule has 2 fully saturated rings. The Bertz CT molecular complexity index is 334. The number of hydrogen-bond donors (Lipinski definition) is 2. The molecule has 0 spiro atoms. The Balaban J connectivity index is 0.00000220. The first kappa shape index (κ1) is 21.9. The van der Waals surface area contributed by atoms with Crippen LogP contribution in [-0.4, -0.2) is 61.8 Å². The minimum Gasteiger partial charge on any atom is -0.375 e. The molecule has 2 N–H and O–H groups in total. The van der Waals surface area contributed by atoms with E-state index in [0.717, 1.165) is 32.1 Å². The molecule has 0 aliphatic carbocycles. The first-order chi connectivity index (χ1) is 9.56. The van der Waals surface area contributed by atoms with Gasteiger partial charge in [-0.15, -0.1) is 24.8 Å². The van der Waals surface area contributed by atoms with Crippen LogP contribution in [0.4, 0.5) is 0 Å². The number of amides is 1. The Morgan fingerprint density at radius 2 is 2.14 bits per heavy atom. The van der Waals surface area contributed by atoms with E-state index in [1.165, 1.54) is 12.8 Å². The average molecular weight is 356 g/mol. The largest absolute Gasteiger partial charge is 0.375 e. The van der Waals surface area contributed by atoms with Crippen LogP contribution in [0.15, 0.2) is 0 Å². The van der Waals surface area contributed by atoms with E-state index in [1.807, 2.05) is 6.92 Å². The molecule has 1 amide bonds. The minimum absolute atomic E-state index is 0. The Hall–Kier alpha value is -0.0700. The van der Waals surface area contributed by atoms with Crippen LogP contribution >= 0.6 is 24.8 Å². The number of carbonyl (C=O) groups excluding carboxylic acids is 1. The van der Waals surface area contributed by atoms with Crippen LogP contribution in [0, 0.1) is 5.92 Å². The minimum atomic E-state index is -0.216. The second-order valence-corrected chi connectivity index (χ2v) is 6.42. The van der Waals surface area contributed by atoms with Gasteiger partial charge in [-0.2, -0.15) is 0 Å². The van der Waals surface area contributed by atoms with Gasteiger partial charge >= 0.3 is 0 Å². The Morgan fingerprint density at radius 3 is 2.77 bits per heavy atom. The molecule has 0 aromatic heterocycles. The predicted molar refractivity (Wildman–Crippen MR) is 94.1 cm³/mol. The lowest BCUT2D eigenvalue weighted by Crippen LogP contribution is -2.57. The zero-order valence-corrected chi connectivity index (χ0v) is 15.5. The normalized spacial score (nSPS) is 30.6. The van der Waals surface area contributed by atoms with Crippen LogP contribution in [0.25, 0.3) is 0 Å². The topological polar surface area (TPSA) is 53.6 Å². The first-order valence-electron chi connectivity index (χ1n) is 7.94. The molecule has 0 radical (unpaired) electrons. The lowest BCUT2D eigenvalue weighted by atomic mass is 10.00. The van der Waals surface area contributed by atoms with Crippen LogP contribution in [0.3, 0.4) is 0 Å². The quantitative estimate of drug-likeness (QED) is 0.801. The number of rotatable bonds is 4. The van der Waals surface area contributed by atoms with Gasteiger partial charge in [0.1, 0.15) is 6.04 Å². The molecule has 0 bridgehead atoms. The maximum Gasteiger partial charge on any atom is 0.240 e. The predicted octanol–water partition coefficient (Wildman–Crippen LogP) is 1.44. The van der Waals surface area contributed by atoms with Crippen molar-refractivity contribution in [3.05, 3.63) is 0 Å². The number of likely N-dealkylation sites (tertiary alicyclic amines) is 1. The molecule has 2 rings (SSSR count). The first-order valence-corrected chi connectivity index (χ1v) is 7.94. The molecule has 4 atom stereocenters. The summed E-state index contributed by atoms with van der Waals surface area (Å²) in [6.07, 6.45) is 2.56. The Labute approximate surface area is 146 Å². The second-order valence-electron chi connectivity index (χ2n) is 6.42. The van der Waals surface area contributed by atoms with Crippen molar-refractivity contribution >= 4 is 30.7 Å². The number of halogens is 2. The van der Waals surface area contributed by atoms with Crippen molar-refractivity contribution in [3.63, 3.8) is 0 Å². The van der Waals surface area contributed by atoms with Crippen LogP contribution < -0.4 is 10.6 Å². The second kappa shape index (κ2) is 10.7. The van der Waals surface area contributed by atoms with Crippen molar-refractivity contribution < 1.29 is 9.53 Å². The molecule has 2 aliphatic heterocycles. The van der Waals surface area contributed by atoms with E-state index in [0.29, 0.717) is 6.61 Å². The Morgan fingerprint density at radius 1 is 1.41 bits per heavy atom. The van der Waals surface area contributed by atoms with Gasteiger partial charge in [0.15, 0.2) is 0 Å². The van der Waals surface area contributed by atoms with Gasteiger partial charge in [0.2, 0.25) is 5.91 Å². The van der Waals surface area contributed by atoms with Crippen molar-refractivity contribution in [2.75, 3.05) is 32.8 Å². The standard InChI is InChI=1S/C15H29N3O2.2ClH/c1-11-5-4-7-18(9-11)10-12(2)17-15(19)14-13(3)20-8-6-16-14;;/h11-14,16H,4-10H2,1-3H3,(H,17,19);2*1H/t11?,12?,13-,14+;;/m1../s1. The van der Waals surface area contributed by atoms with Crippen LogP contribution in [0.2, 0.25) is 0 Å². The highest BCUT2D eigenvalue weighted by Crippen LogP contribution is 2.15. The van der Waals surface area contributed by atoms with Crippen LogP contribution in [0.5, 0.6) is 0 Å². The molecule has 2 heterocycles. The molecule has 2 saturated heterocycles. The monoisotopic (exact) mass is 355 g/mol. The van der Waals surface area contributed by atoms with Crippen molar-refractivity contribution in [2.45, 2.75) is 51.8 Å². The van der Waals surface area contributed by atoms with E-state index in [4.69, 9.17) is 4.74 Å². The number of piperidine rings is 1. The van der Waals surface area contributed by atoms with Crippen molar-refractivity contribution in [1.82, 2.24) is 15.5 Å². The number of ether oxygens (including phenoxy) is 1. The molecule has 0 saturated carbocycles. The van der Waals surface area contributed by atoms with Gasteiger partial charge in [-0.3, -0.25) is 4.79 Å². The summed E-state index contributed by atoms with van der Waals surface area (Å²) >= 11 is 0. The zero-order chi connectivity index (χ0) is 14.5. The maximum absolute atomic E-state index is 12.3. The summed E-state index contributed by atoms with van der Waals surface area (Å²) in [5, 5.41) is 6.35. The summed E-state index contributed by atoms with van der Waals surface area (Å²) in [4.78, 5) is 14.7. The number of hydrogen-bond acceptors (Lipinski definition) is 4. The summed E-state index contributed by atoms with van der Waals surface area (Å²) in [5.74, 6) is 0.842. The van der Waals surface area contributed by atoms with E-state index in [-0.39, 0.29) is 48.9 Å². The van der Waals surface area contributed by atoms with Crippen LogP contribution in [-0.2, 0) is 9.53 Å². The van der Waals surface area contributed by atoms with Crippen molar-refractivity contribution in [2.24, 2.45) is 5.92 Å². The van der Waals surface area contributed by atoms with Gasteiger partial charge in [-0.05, 0) is 39.2 Å². The summed E-state index contributed by atoms with van der Waals surface area (Å²) in [6, 6.07) is -0.0322. The van der Waals surface area contributed by atoms with Crippen molar-refractivity contribution in [3.8, 4) is 0 Å². The fourth-order valence-electron chi connectivity index (χ4n) is 3.25. The van der Waals surface area contributed by atoms with Crippen molar-refractivity contribution in [1.29, 1.82) is 0 Å². The van der Waals surface area contributed by atoms with Gasteiger partial charge in [0.05, 0.1) is 12.7 Å². The smallest absolute Gasteiger partial charge is 0.240 e. The fourth-order valence-corrected chi connectivity index (χ4v) is 3.25. The molecular formula is C15H31Cl2N3O2. The highest BCUT2D eigenvalue weighted by Gasteiger charge is 2.29. The van der Waals surface area contributed by atoms with Gasteiger partial charge in [0.25, 0.3) is 0 Å². The van der Waals surface area contributed by atoms with Gasteiger partial charge in [-0.1, -0.05) is 6.92 Å². The summed E-state index contributed by atoms with van der Waals surface area (Å²) in [6.45, 7) is 11.0. The molecule has 2 aliphatic rings. The maximum atomic E-state index is 12.3. The molecule has 0 aromatic rings.